The first kappa shape index (κ1) is 25.4. The monoisotopic (exact) mass is 512 g/mol. The Hall–Kier alpha value is -4.24. The first-order valence-electron chi connectivity index (χ1n) is 12.8. The van der Waals surface area contributed by atoms with Gasteiger partial charge in [-0.3, -0.25) is 4.79 Å². The van der Waals surface area contributed by atoms with E-state index < -0.39 is 5.54 Å². The van der Waals surface area contributed by atoms with E-state index in [1.165, 1.54) is 0 Å². The summed E-state index contributed by atoms with van der Waals surface area (Å²) in [6, 6.07) is 17.0. The van der Waals surface area contributed by atoms with E-state index in [2.05, 4.69) is 46.6 Å². The van der Waals surface area contributed by atoms with E-state index in [0.717, 1.165) is 28.8 Å². The minimum atomic E-state index is -0.399. The van der Waals surface area contributed by atoms with Crippen molar-refractivity contribution in [2.45, 2.75) is 45.7 Å². The molecule has 0 unspecified atom stereocenters. The molecule has 9 nitrogen and oxygen atoms in total. The zero-order chi connectivity index (χ0) is 26.9. The van der Waals surface area contributed by atoms with Crippen LogP contribution in [0.15, 0.2) is 65.2 Å². The molecule has 0 radical (unpaired) electrons. The van der Waals surface area contributed by atoms with Crippen LogP contribution in [0, 0.1) is 6.92 Å². The lowest BCUT2D eigenvalue weighted by atomic mass is 9.93. The fourth-order valence-corrected chi connectivity index (χ4v) is 4.94. The summed E-state index contributed by atoms with van der Waals surface area (Å²) in [6.45, 7) is 8.57. The van der Waals surface area contributed by atoms with Crippen molar-refractivity contribution in [1.82, 2.24) is 20.1 Å². The van der Waals surface area contributed by atoms with E-state index in [1.54, 1.807) is 13.1 Å². The van der Waals surface area contributed by atoms with Gasteiger partial charge in [0.2, 0.25) is 5.89 Å². The highest BCUT2D eigenvalue weighted by molar-refractivity contribution is 6.00. The molecule has 0 saturated heterocycles. The Balaban J connectivity index is 1.48. The molecule has 1 atom stereocenters. The number of amides is 1. The Morgan fingerprint density at radius 3 is 2.55 bits per heavy atom. The molecule has 1 amide bonds. The summed E-state index contributed by atoms with van der Waals surface area (Å²) in [5.74, 6) is 1.44. The van der Waals surface area contributed by atoms with Crippen molar-refractivity contribution in [2.75, 3.05) is 23.8 Å². The van der Waals surface area contributed by atoms with Gasteiger partial charge in [0.15, 0.2) is 0 Å². The first-order chi connectivity index (χ1) is 18.3. The van der Waals surface area contributed by atoms with Crippen molar-refractivity contribution in [3.05, 3.63) is 83.4 Å². The van der Waals surface area contributed by atoms with E-state index in [9.17, 15) is 9.90 Å². The van der Waals surface area contributed by atoms with Crippen molar-refractivity contribution < 1.29 is 14.3 Å². The number of carbonyl (C=O) groups is 1. The maximum absolute atomic E-state index is 13.0. The van der Waals surface area contributed by atoms with Gasteiger partial charge < -0.3 is 25.1 Å². The average molecular weight is 513 g/mol. The second-order valence-electron chi connectivity index (χ2n) is 9.93. The molecule has 1 aliphatic heterocycles. The predicted octanol–water partition coefficient (Wildman–Crippen LogP) is 5.43. The van der Waals surface area contributed by atoms with Crippen LogP contribution in [0.2, 0.25) is 0 Å². The summed E-state index contributed by atoms with van der Waals surface area (Å²) in [6.07, 6.45) is 2.57. The molecule has 0 bridgehead atoms. The molecule has 196 valence electrons. The van der Waals surface area contributed by atoms with Crippen LogP contribution in [0.5, 0.6) is 0 Å². The van der Waals surface area contributed by atoms with E-state index in [-0.39, 0.29) is 18.6 Å². The number of rotatable bonds is 9. The smallest absolute Gasteiger partial charge is 0.254 e. The minimum absolute atomic E-state index is 0.0678. The van der Waals surface area contributed by atoms with Gasteiger partial charge in [-0.2, -0.15) is 0 Å². The normalized spacial score (nSPS) is 14.9. The number of hydrogen-bond donors (Lipinski definition) is 3. The maximum Gasteiger partial charge on any atom is 0.254 e. The Bertz CT molecular complexity index is 1450. The Morgan fingerprint density at radius 1 is 1.08 bits per heavy atom. The van der Waals surface area contributed by atoms with Gasteiger partial charge in [0.05, 0.1) is 29.4 Å². The Morgan fingerprint density at radius 2 is 1.87 bits per heavy atom. The number of aliphatic hydroxyl groups excluding tert-OH is 1. The number of fused-ring (bicyclic) bond motifs is 1. The van der Waals surface area contributed by atoms with Gasteiger partial charge in [-0.05, 0) is 49.6 Å². The largest absolute Gasteiger partial charge is 0.421 e. The molecular formula is C29H32N6O3. The molecule has 1 aliphatic rings. The molecule has 38 heavy (non-hydrogen) atoms. The molecule has 2 aromatic heterocycles. The van der Waals surface area contributed by atoms with Crippen LogP contribution in [0.1, 0.15) is 60.6 Å². The van der Waals surface area contributed by atoms with Crippen LogP contribution in [0.4, 0.5) is 17.2 Å². The average Bonchev–Trinajstić information content (AvgIpc) is 3.43. The van der Waals surface area contributed by atoms with Crippen LogP contribution >= 0.6 is 0 Å². The number of carbonyl (C=O) groups excluding carboxylic acids is 1. The first-order valence-corrected chi connectivity index (χ1v) is 12.8. The number of pyridine rings is 1. The van der Waals surface area contributed by atoms with Crippen LogP contribution in [0.25, 0.3) is 11.5 Å². The number of anilines is 3. The second-order valence-corrected chi connectivity index (χ2v) is 9.93. The summed E-state index contributed by atoms with van der Waals surface area (Å²) in [5.41, 5.74) is 4.40. The zero-order valence-electron chi connectivity index (χ0n) is 22.0. The zero-order valence-corrected chi connectivity index (χ0v) is 22.0. The third-order valence-corrected chi connectivity index (χ3v) is 6.92. The molecule has 0 fully saturated rings. The molecule has 2 aromatic carbocycles. The predicted molar refractivity (Wildman–Crippen MR) is 146 cm³/mol. The highest BCUT2D eigenvalue weighted by Gasteiger charge is 2.42. The molecule has 3 heterocycles. The molecule has 5 rings (SSSR count). The van der Waals surface area contributed by atoms with Crippen molar-refractivity contribution in [1.29, 1.82) is 0 Å². The van der Waals surface area contributed by atoms with Crippen molar-refractivity contribution in [3.63, 3.8) is 0 Å². The van der Waals surface area contributed by atoms with Gasteiger partial charge in [0.1, 0.15) is 5.82 Å². The number of aliphatic hydroxyl groups is 1. The Labute approximate surface area is 221 Å². The standard InChI is InChI=1S/C29H32N6O3/c1-5-13-35-28(37)21-12-11-20(14-23(21)29(35,3)4)31-26-15-24(22(16-30-26)27-34-33-18(2)38-27)32-25(17-36)19-9-7-6-8-10-19/h6-12,14-16,25,36H,5,13,17H2,1-4H3,(H2,30,31,32)/t25-/m1/s1. The molecule has 9 heteroatoms. The molecule has 0 aliphatic carbocycles. The molecule has 3 N–H and O–H groups in total. The summed E-state index contributed by atoms with van der Waals surface area (Å²) in [4.78, 5) is 19.5. The summed E-state index contributed by atoms with van der Waals surface area (Å²) in [5, 5.41) is 25.1. The van der Waals surface area contributed by atoms with Gasteiger partial charge >= 0.3 is 0 Å². The Kier molecular flexibility index (Phi) is 6.86. The third kappa shape index (κ3) is 4.72. The van der Waals surface area contributed by atoms with E-state index in [4.69, 9.17) is 4.42 Å². The van der Waals surface area contributed by atoms with Gasteiger partial charge in [0.25, 0.3) is 11.8 Å². The summed E-state index contributed by atoms with van der Waals surface area (Å²) in [7, 11) is 0. The fourth-order valence-electron chi connectivity index (χ4n) is 4.94. The van der Waals surface area contributed by atoms with Crippen LogP contribution < -0.4 is 10.6 Å². The highest BCUT2D eigenvalue weighted by atomic mass is 16.4. The molecular weight excluding hydrogens is 480 g/mol. The lowest BCUT2D eigenvalue weighted by Gasteiger charge is -2.32. The van der Waals surface area contributed by atoms with Crippen molar-refractivity contribution in [2.24, 2.45) is 0 Å². The summed E-state index contributed by atoms with van der Waals surface area (Å²) >= 11 is 0. The number of nitrogens with zero attached hydrogens (tertiary/aromatic N) is 4. The van der Waals surface area contributed by atoms with Crippen LogP contribution in [-0.2, 0) is 5.54 Å². The number of hydrogen-bond acceptors (Lipinski definition) is 8. The van der Waals surface area contributed by atoms with Gasteiger partial charge in [-0.1, -0.05) is 37.3 Å². The van der Waals surface area contributed by atoms with Crippen molar-refractivity contribution >= 4 is 23.1 Å². The number of aromatic nitrogens is 3. The van der Waals surface area contributed by atoms with Gasteiger partial charge in [0, 0.05) is 37.0 Å². The SMILES string of the molecule is CCCN1C(=O)c2ccc(Nc3cc(N[C@H](CO)c4ccccc4)c(-c4nnc(C)o4)cn3)cc2C1(C)C. The van der Waals surface area contributed by atoms with Crippen molar-refractivity contribution in [3.8, 4) is 11.5 Å². The quantitative estimate of drug-likeness (QED) is 0.272. The lowest BCUT2D eigenvalue weighted by molar-refractivity contribution is 0.0619. The molecule has 4 aromatic rings. The number of nitrogens with one attached hydrogen (secondary N) is 2. The van der Waals surface area contributed by atoms with E-state index >= 15 is 0 Å². The minimum Gasteiger partial charge on any atom is -0.421 e. The summed E-state index contributed by atoms with van der Waals surface area (Å²) < 4.78 is 5.68. The third-order valence-electron chi connectivity index (χ3n) is 6.92. The molecule has 0 saturated carbocycles. The lowest BCUT2D eigenvalue weighted by Crippen LogP contribution is -2.39. The van der Waals surface area contributed by atoms with E-state index in [1.807, 2.05) is 59.5 Å². The maximum atomic E-state index is 13.0. The number of benzene rings is 2. The number of aryl methyl sites for hydroxylation is 1. The highest BCUT2D eigenvalue weighted by Crippen LogP contribution is 2.40. The van der Waals surface area contributed by atoms with Gasteiger partial charge in [-0.15, -0.1) is 10.2 Å². The van der Waals surface area contributed by atoms with E-state index in [0.29, 0.717) is 35.4 Å². The van der Waals surface area contributed by atoms with Crippen LogP contribution in [-0.4, -0.2) is 44.2 Å². The second kappa shape index (κ2) is 10.3. The van der Waals surface area contributed by atoms with Gasteiger partial charge in [-0.25, -0.2) is 4.98 Å². The van der Waals surface area contributed by atoms with Crippen LogP contribution in [0.3, 0.4) is 0 Å². The fraction of sp³-hybridized carbons (Fsp3) is 0.310. The topological polar surface area (TPSA) is 116 Å². The molecule has 0 spiro atoms.